The molecular weight excluding hydrogens is 335 g/mol. The van der Waals surface area contributed by atoms with Crippen LogP contribution in [0.1, 0.15) is 16.1 Å². The van der Waals surface area contributed by atoms with Crippen LogP contribution in [0, 0.1) is 12.7 Å². The normalized spacial score (nSPS) is 11.6. The molecule has 0 saturated carbocycles. The van der Waals surface area contributed by atoms with Crippen LogP contribution in [0.5, 0.6) is 0 Å². The van der Waals surface area contributed by atoms with Gasteiger partial charge in [-0.2, -0.15) is 0 Å². The Morgan fingerprint density at radius 1 is 1.25 bits per heavy atom. The first-order chi connectivity index (χ1) is 11.4. The molecule has 0 fully saturated rings. The number of nitrogens with zero attached hydrogens (tertiary/aromatic N) is 2. The van der Waals surface area contributed by atoms with Crippen molar-refractivity contribution in [2.75, 3.05) is 7.11 Å². The van der Waals surface area contributed by atoms with Gasteiger partial charge in [-0.1, -0.05) is 18.2 Å². The topological polar surface area (TPSA) is 78.3 Å². The average Bonchev–Trinajstić information content (AvgIpc) is 2.86. The number of benzene rings is 1. The summed E-state index contributed by atoms with van der Waals surface area (Å²) in [6, 6.07) is 8.79. The Morgan fingerprint density at radius 3 is 2.54 bits per heavy atom. The summed E-state index contributed by atoms with van der Waals surface area (Å²) < 4.78 is 45.1. The molecular formula is C16H13FN2O4S. The van der Waals surface area contributed by atoms with Crippen LogP contribution in [0.4, 0.5) is 4.39 Å². The Labute approximate surface area is 137 Å². The summed E-state index contributed by atoms with van der Waals surface area (Å²) in [4.78, 5) is 16.0. The number of aromatic nitrogens is 2. The molecule has 24 heavy (non-hydrogen) atoms. The van der Waals surface area contributed by atoms with Gasteiger partial charge in [-0.15, -0.1) is 0 Å². The smallest absolute Gasteiger partial charge is 0.340 e. The molecule has 0 radical (unpaired) electrons. The number of methoxy groups -OCH3 is 1. The largest absolute Gasteiger partial charge is 0.465 e. The summed E-state index contributed by atoms with van der Waals surface area (Å²) in [6.07, 6.45) is 0.903. The van der Waals surface area contributed by atoms with E-state index in [-0.39, 0.29) is 27.2 Å². The average molecular weight is 348 g/mol. The van der Waals surface area contributed by atoms with E-state index in [1.807, 2.05) is 0 Å². The molecule has 6 nitrogen and oxygen atoms in total. The van der Waals surface area contributed by atoms with Crippen molar-refractivity contribution >= 4 is 27.0 Å². The van der Waals surface area contributed by atoms with Gasteiger partial charge in [0.25, 0.3) is 10.0 Å². The molecule has 0 unspecified atom stereocenters. The summed E-state index contributed by atoms with van der Waals surface area (Å²) in [5.74, 6) is -1.44. The van der Waals surface area contributed by atoms with Gasteiger partial charge in [0.1, 0.15) is 5.82 Å². The summed E-state index contributed by atoms with van der Waals surface area (Å²) in [7, 11) is -2.84. The third-order valence-corrected chi connectivity index (χ3v) is 5.43. The fourth-order valence-electron chi connectivity index (χ4n) is 2.58. The van der Waals surface area contributed by atoms with Crippen molar-refractivity contribution in [2.45, 2.75) is 11.8 Å². The lowest BCUT2D eigenvalue weighted by Gasteiger charge is -2.09. The van der Waals surface area contributed by atoms with E-state index in [0.29, 0.717) is 0 Å². The van der Waals surface area contributed by atoms with Gasteiger partial charge in [-0.3, -0.25) is 0 Å². The molecule has 0 N–H and O–H groups in total. The van der Waals surface area contributed by atoms with Crippen molar-refractivity contribution in [3.05, 3.63) is 59.7 Å². The Hall–Kier alpha value is -2.74. The van der Waals surface area contributed by atoms with Crippen LogP contribution in [0.2, 0.25) is 0 Å². The van der Waals surface area contributed by atoms with E-state index in [4.69, 9.17) is 4.74 Å². The van der Waals surface area contributed by atoms with E-state index in [1.165, 1.54) is 26.2 Å². The minimum Gasteiger partial charge on any atom is -0.465 e. The number of pyridine rings is 1. The molecule has 2 heterocycles. The highest BCUT2D eigenvalue weighted by Crippen LogP contribution is 2.29. The monoisotopic (exact) mass is 348 g/mol. The zero-order valence-corrected chi connectivity index (χ0v) is 13.7. The van der Waals surface area contributed by atoms with Crippen LogP contribution in [0.15, 0.2) is 47.5 Å². The van der Waals surface area contributed by atoms with Crippen molar-refractivity contribution < 1.29 is 22.3 Å². The standard InChI is InChI=1S/C16H13FN2O4S/c1-10-14(16(20)23-2)13-8-11(17)9-18-15(13)19(10)24(21,22)12-6-4-3-5-7-12/h3-9H,1-2H3. The Kier molecular flexibility index (Phi) is 3.84. The third-order valence-electron chi connectivity index (χ3n) is 3.63. The second-order valence-electron chi connectivity index (χ2n) is 5.06. The van der Waals surface area contributed by atoms with Crippen molar-refractivity contribution in [3.8, 4) is 0 Å². The number of fused-ring (bicyclic) bond motifs is 1. The Bertz CT molecular complexity index is 1040. The molecule has 3 aromatic rings. The van der Waals surface area contributed by atoms with Gasteiger partial charge in [0.2, 0.25) is 0 Å². The minimum absolute atomic E-state index is 0.0287. The first-order valence-electron chi connectivity index (χ1n) is 6.93. The predicted molar refractivity (Wildman–Crippen MR) is 84.8 cm³/mol. The molecule has 3 rings (SSSR count). The fourth-order valence-corrected chi connectivity index (χ4v) is 4.12. The Balaban J connectivity index is 2.42. The highest BCUT2D eigenvalue weighted by Gasteiger charge is 2.29. The Morgan fingerprint density at radius 2 is 1.92 bits per heavy atom. The summed E-state index contributed by atoms with van der Waals surface area (Å²) in [6.45, 7) is 1.45. The quantitative estimate of drug-likeness (QED) is 0.680. The molecule has 1 aromatic carbocycles. The number of hydrogen-bond donors (Lipinski definition) is 0. The SMILES string of the molecule is COC(=O)c1c(C)n(S(=O)(=O)c2ccccc2)c2ncc(F)cc12. The first kappa shape index (κ1) is 16.1. The fraction of sp³-hybridized carbons (Fsp3) is 0.125. The molecule has 0 aliphatic rings. The molecule has 2 aromatic heterocycles. The summed E-state index contributed by atoms with van der Waals surface area (Å²) >= 11 is 0. The number of esters is 1. The van der Waals surface area contributed by atoms with Gasteiger partial charge in [0.05, 0.1) is 23.8 Å². The highest BCUT2D eigenvalue weighted by molar-refractivity contribution is 7.90. The number of rotatable bonds is 3. The third kappa shape index (κ3) is 2.35. The number of carbonyl (C=O) groups is 1. The van der Waals surface area contributed by atoms with Gasteiger partial charge in [0.15, 0.2) is 5.65 Å². The van der Waals surface area contributed by atoms with Gasteiger partial charge in [-0.05, 0) is 25.1 Å². The van der Waals surface area contributed by atoms with Crippen LogP contribution in [0.3, 0.4) is 0 Å². The number of halogens is 1. The number of ether oxygens (including phenoxy) is 1. The van der Waals surface area contributed by atoms with Crippen molar-refractivity contribution in [3.63, 3.8) is 0 Å². The zero-order chi connectivity index (χ0) is 17.5. The minimum atomic E-state index is -4.01. The molecule has 0 aliphatic carbocycles. The van der Waals surface area contributed by atoms with Crippen LogP contribution in [-0.2, 0) is 14.8 Å². The molecule has 0 spiro atoms. The van der Waals surface area contributed by atoms with Gasteiger partial charge < -0.3 is 4.74 Å². The van der Waals surface area contributed by atoms with Gasteiger partial charge in [-0.25, -0.2) is 26.6 Å². The second-order valence-corrected chi connectivity index (χ2v) is 6.85. The van der Waals surface area contributed by atoms with E-state index in [0.717, 1.165) is 16.2 Å². The molecule has 124 valence electrons. The molecule has 0 atom stereocenters. The van der Waals surface area contributed by atoms with Crippen LogP contribution in [-0.4, -0.2) is 30.5 Å². The maximum atomic E-state index is 13.6. The van der Waals surface area contributed by atoms with Crippen LogP contribution < -0.4 is 0 Å². The number of carbonyl (C=O) groups excluding carboxylic acids is 1. The molecule has 0 bridgehead atoms. The summed E-state index contributed by atoms with van der Waals surface area (Å²) in [5.41, 5.74) is 0.0518. The molecule has 8 heteroatoms. The van der Waals surface area contributed by atoms with E-state index in [9.17, 15) is 17.6 Å². The summed E-state index contributed by atoms with van der Waals surface area (Å²) in [5, 5.41) is 0.0823. The molecule has 0 saturated heterocycles. The van der Waals surface area contributed by atoms with Crippen molar-refractivity contribution in [2.24, 2.45) is 0 Å². The van der Waals surface area contributed by atoms with Crippen molar-refractivity contribution in [1.82, 2.24) is 8.96 Å². The molecule has 0 amide bonds. The first-order valence-corrected chi connectivity index (χ1v) is 8.37. The maximum Gasteiger partial charge on any atom is 0.340 e. The maximum absolute atomic E-state index is 13.6. The predicted octanol–water partition coefficient (Wildman–Crippen LogP) is 2.51. The van der Waals surface area contributed by atoms with E-state index >= 15 is 0 Å². The lowest BCUT2D eigenvalue weighted by molar-refractivity contribution is 0.0602. The number of hydrogen-bond acceptors (Lipinski definition) is 5. The molecule has 0 aliphatic heterocycles. The van der Waals surface area contributed by atoms with E-state index in [2.05, 4.69) is 4.98 Å². The highest BCUT2D eigenvalue weighted by atomic mass is 32.2. The second kappa shape index (κ2) is 5.72. The van der Waals surface area contributed by atoms with E-state index in [1.54, 1.807) is 18.2 Å². The lowest BCUT2D eigenvalue weighted by atomic mass is 10.2. The zero-order valence-electron chi connectivity index (χ0n) is 12.9. The van der Waals surface area contributed by atoms with Gasteiger partial charge in [0, 0.05) is 11.1 Å². The van der Waals surface area contributed by atoms with Crippen LogP contribution in [0.25, 0.3) is 11.0 Å². The lowest BCUT2D eigenvalue weighted by Crippen LogP contribution is -2.15. The van der Waals surface area contributed by atoms with Crippen molar-refractivity contribution in [1.29, 1.82) is 0 Å². The van der Waals surface area contributed by atoms with E-state index < -0.39 is 21.8 Å². The van der Waals surface area contributed by atoms with Gasteiger partial charge >= 0.3 is 5.97 Å². The van der Waals surface area contributed by atoms with Crippen LogP contribution >= 0.6 is 0 Å².